The number of ether oxygens (including phenoxy) is 2. The number of carbonyl (C=O) groups excluding carboxylic acids is 1. The summed E-state index contributed by atoms with van der Waals surface area (Å²) in [5.74, 6) is 1.51. The van der Waals surface area contributed by atoms with Gasteiger partial charge in [0.15, 0.2) is 11.5 Å². The highest BCUT2D eigenvalue weighted by molar-refractivity contribution is 5.74. The van der Waals surface area contributed by atoms with Gasteiger partial charge in [-0.2, -0.15) is 0 Å². The summed E-state index contributed by atoms with van der Waals surface area (Å²) < 4.78 is 10.7. The molecule has 1 fully saturated rings. The minimum absolute atomic E-state index is 0.0666. The Balaban J connectivity index is 1.55. The van der Waals surface area contributed by atoms with Crippen molar-refractivity contribution < 1.29 is 14.3 Å². The van der Waals surface area contributed by atoms with Gasteiger partial charge in [0.05, 0.1) is 6.04 Å². The van der Waals surface area contributed by atoms with Gasteiger partial charge in [0.25, 0.3) is 0 Å². The van der Waals surface area contributed by atoms with Crippen LogP contribution in [-0.2, 0) is 0 Å². The van der Waals surface area contributed by atoms with Gasteiger partial charge in [-0.05, 0) is 37.5 Å². The van der Waals surface area contributed by atoms with Crippen LogP contribution >= 0.6 is 0 Å². The zero-order valence-corrected chi connectivity index (χ0v) is 12.4. The van der Waals surface area contributed by atoms with Crippen LogP contribution < -0.4 is 20.1 Å². The maximum atomic E-state index is 12.1. The third-order valence-electron chi connectivity index (χ3n) is 4.18. The highest BCUT2D eigenvalue weighted by Crippen LogP contribution is 2.34. The number of hydrogen-bond acceptors (Lipinski definition) is 3. The van der Waals surface area contributed by atoms with E-state index in [0.29, 0.717) is 6.04 Å². The molecule has 114 valence electrons. The normalized spacial score (nSPS) is 19.1. The summed E-state index contributed by atoms with van der Waals surface area (Å²) in [6.07, 6.45) is 5.89. The fraction of sp³-hybridized carbons (Fsp3) is 0.562. The molecule has 1 heterocycles. The van der Waals surface area contributed by atoms with Crippen LogP contribution in [0.5, 0.6) is 11.5 Å². The van der Waals surface area contributed by atoms with E-state index in [1.165, 1.54) is 19.3 Å². The molecular formula is C16H22N2O3. The lowest BCUT2D eigenvalue weighted by molar-refractivity contribution is 0.174. The molecule has 0 spiro atoms. The monoisotopic (exact) mass is 290 g/mol. The minimum atomic E-state index is -0.0907. The number of hydrogen-bond donors (Lipinski definition) is 2. The van der Waals surface area contributed by atoms with Crippen molar-refractivity contribution in [2.45, 2.75) is 51.1 Å². The number of amides is 2. The van der Waals surface area contributed by atoms with Gasteiger partial charge < -0.3 is 20.1 Å². The van der Waals surface area contributed by atoms with Crippen molar-refractivity contribution >= 4 is 6.03 Å². The lowest BCUT2D eigenvalue weighted by atomic mass is 9.96. The first-order chi connectivity index (χ1) is 10.2. The van der Waals surface area contributed by atoms with Crippen molar-refractivity contribution in [3.8, 4) is 11.5 Å². The summed E-state index contributed by atoms with van der Waals surface area (Å²) in [6, 6.07) is 5.93. The number of fused-ring (bicyclic) bond motifs is 1. The summed E-state index contributed by atoms with van der Waals surface area (Å²) >= 11 is 0. The molecule has 1 aromatic carbocycles. The van der Waals surface area contributed by atoms with E-state index in [1.807, 2.05) is 25.1 Å². The highest BCUT2D eigenvalue weighted by atomic mass is 16.7. The Morgan fingerprint density at radius 1 is 1.19 bits per heavy atom. The molecule has 0 aromatic heterocycles. The van der Waals surface area contributed by atoms with Crippen molar-refractivity contribution in [2.75, 3.05) is 6.79 Å². The summed E-state index contributed by atoms with van der Waals surface area (Å²) in [6.45, 7) is 2.24. The molecule has 3 rings (SSSR count). The van der Waals surface area contributed by atoms with Crippen LogP contribution in [-0.4, -0.2) is 18.9 Å². The third-order valence-corrected chi connectivity index (χ3v) is 4.18. The fourth-order valence-electron chi connectivity index (χ4n) is 2.94. The Labute approximate surface area is 125 Å². The number of nitrogens with one attached hydrogen (secondary N) is 2. The predicted molar refractivity (Wildman–Crippen MR) is 79.5 cm³/mol. The van der Waals surface area contributed by atoms with Gasteiger partial charge in [-0.25, -0.2) is 4.79 Å². The fourth-order valence-corrected chi connectivity index (χ4v) is 2.94. The minimum Gasteiger partial charge on any atom is -0.454 e. The first-order valence-electron chi connectivity index (χ1n) is 7.69. The predicted octanol–water partition coefficient (Wildman–Crippen LogP) is 3.11. The standard InChI is InChI=1S/C16H22N2O3/c1-11(12-7-8-14-15(9-12)21-10-20-14)17-16(19)18-13-5-3-2-4-6-13/h7-9,11,13H,2-6,10H2,1H3,(H2,17,18,19)/t11-/m0/s1. The molecule has 5 nitrogen and oxygen atoms in total. The van der Waals surface area contributed by atoms with Gasteiger partial charge >= 0.3 is 6.03 Å². The molecule has 21 heavy (non-hydrogen) atoms. The molecule has 5 heteroatoms. The quantitative estimate of drug-likeness (QED) is 0.899. The molecule has 0 saturated heterocycles. The van der Waals surface area contributed by atoms with Crippen molar-refractivity contribution in [1.82, 2.24) is 10.6 Å². The Hall–Kier alpha value is -1.91. The Kier molecular flexibility index (Phi) is 4.18. The second-order valence-electron chi connectivity index (χ2n) is 5.79. The van der Waals surface area contributed by atoms with E-state index in [2.05, 4.69) is 10.6 Å². The second-order valence-corrected chi connectivity index (χ2v) is 5.79. The highest BCUT2D eigenvalue weighted by Gasteiger charge is 2.19. The van der Waals surface area contributed by atoms with Gasteiger partial charge in [0.1, 0.15) is 0 Å². The summed E-state index contributed by atoms with van der Waals surface area (Å²) in [5, 5.41) is 6.05. The summed E-state index contributed by atoms with van der Waals surface area (Å²) in [4.78, 5) is 12.1. The largest absolute Gasteiger partial charge is 0.454 e. The first-order valence-corrected chi connectivity index (χ1v) is 7.69. The Morgan fingerprint density at radius 3 is 2.76 bits per heavy atom. The van der Waals surface area contributed by atoms with E-state index < -0.39 is 0 Å². The average Bonchev–Trinajstić information content (AvgIpc) is 2.95. The zero-order chi connectivity index (χ0) is 14.7. The molecule has 2 amide bonds. The molecule has 0 unspecified atom stereocenters. The smallest absolute Gasteiger partial charge is 0.315 e. The maximum absolute atomic E-state index is 12.1. The van der Waals surface area contributed by atoms with Crippen LogP contribution in [0.25, 0.3) is 0 Å². The van der Waals surface area contributed by atoms with Crippen LogP contribution in [0.3, 0.4) is 0 Å². The molecule has 1 atom stereocenters. The van der Waals surface area contributed by atoms with Crippen LogP contribution in [0.15, 0.2) is 18.2 Å². The van der Waals surface area contributed by atoms with Gasteiger partial charge in [0.2, 0.25) is 6.79 Å². The van der Waals surface area contributed by atoms with Crippen LogP contribution in [0.2, 0.25) is 0 Å². The van der Waals surface area contributed by atoms with Crippen LogP contribution in [0.1, 0.15) is 50.6 Å². The molecule has 2 N–H and O–H groups in total. The van der Waals surface area contributed by atoms with E-state index in [9.17, 15) is 4.79 Å². The first kappa shape index (κ1) is 14.0. The lowest BCUT2D eigenvalue weighted by Gasteiger charge is -2.24. The molecule has 0 bridgehead atoms. The van der Waals surface area contributed by atoms with E-state index in [-0.39, 0.29) is 18.9 Å². The Bertz CT molecular complexity index is 512. The van der Waals surface area contributed by atoms with Crippen molar-refractivity contribution in [2.24, 2.45) is 0 Å². The van der Waals surface area contributed by atoms with Gasteiger partial charge in [-0.15, -0.1) is 0 Å². The number of urea groups is 1. The number of carbonyl (C=O) groups is 1. The van der Waals surface area contributed by atoms with Crippen molar-refractivity contribution in [3.05, 3.63) is 23.8 Å². The molecule has 1 aliphatic carbocycles. The molecule has 0 radical (unpaired) electrons. The second kappa shape index (κ2) is 6.24. The topological polar surface area (TPSA) is 59.6 Å². The van der Waals surface area contributed by atoms with Crippen molar-refractivity contribution in [3.63, 3.8) is 0 Å². The zero-order valence-electron chi connectivity index (χ0n) is 12.4. The summed E-state index contributed by atoms with van der Waals surface area (Å²) in [5.41, 5.74) is 1.01. The number of benzene rings is 1. The van der Waals surface area contributed by atoms with Crippen LogP contribution in [0.4, 0.5) is 4.79 Å². The lowest BCUT2D eigenvalue weighted by Crippen LogP contribution is -2.43. The third kappa shape index (κ3) is 3.40. The van der Waals surface area contributed by atoms with E-state index in [4.69, 9.17) is 9.47 Å². The van der Waals surface area contributed by atoms with Gasteiger partial charge in [-0.1, -0.05) is 25.3 Å². The maximum Gasteiger partial charge on any atom is 0.315 e. The SMILES string of the molecule is C[C@H](NC(=O)NC1CCCCC1)c1ccc2c(c1)OCO2. The molecule has 1 aliphatic heterocycles. The summed E-state index contributed by atoms with van der Waals surface area (Å²) in [7, 11) is 0. The van der Waals surface area contributed by atoms with Gasteiger partial charge in [-0.3, -0.25) is 0 Å². The van der Waals surface area contributed by atoms with E-state index in [1.54, 1.807) is 0 Å². The van der Waals surface area contributed by atoms with E-state index >= 15 is 0 Å². The van der Waals surface area contributed by atoms with Crippen LogP contribution in [0, 0.1) is 0 Å². The molecule has 1 aromatic rings. The Morgan fingerprint density at radius 2 is 1.95 bits per heavy atom. The number of rotatable bonds is 3. The van der Waals surface area contributed by atoms with E-state index in [0.717, 1.165) is 29.9 Å². The van der Waals surface area contributed by atoms with Crippen molar-refractivity contribution in [1.29, 1.82) is 0 Å². The molecule has 2 aliphatic rings. The molecular weight excluding hydrogens is 268 g/mol. The van der Waals surface area contributed by atoms with Gasteiger partial charge in [0, 0.05) is 6.04 Å². The average molecular weight is 290 g/mol. The molecule has 1 saturated carbocycles.